The van der Waals surface area contributed by atoms with Gasteiger partial charge >= 0.3 is 0 Å². The molecule has 0 spiro atoms. The highest BCUT2D eigenvalue weighted by atomic mass is 35.5. The van der Waals surface area contributed by atoms with Crippen molar-refractivity contribution in [3.8, 4) is 0 Å². The molecule has 0 amide bonds. The Kier molecular flexibility index (Phi) is 3.09. The van der Waals surface area contributed by atoms with Crippen LogP contribution in [-0.2, 0) is 0 Å². The predicted molar refractivity (Wildman–Crippen MR) is 54.8 cm³/mol. The van der Waals surface area contributed by atoms with Gasteiger partial charge < -0.3 is 0 Å². The third-order valence-electron chi connectivity index (χ3n) is 1.75. The van der Waals surface area contributed by atoms with Crippen molar-refractivity contribution < 1.29 is 4.39 Å². The van der Waals surface area contributed by atoms with E-state index >= 15 is 0 Å². The first kappa shape index (κ1) is 9.95. The Hall–Kier alpha value is -0.130. The van der Waals surface area contributed by atoms with Crippen LogP contribution in [0.2, 0.25) is 5.02 Å². The molecule has 66 valence electrons. The summed E-state index contributed by atoms with van der Waals surface area (Å²) >= 11 is 5.67. The molecule has 0 N–H and O–H groups in total. The summed E-state index contributed by atoms with van der Waals surface area (Å²) < 4.78 is 13.0. The Labute approximate surface area is 79.3 Å². The predicted octanol–water partition coefficient (Wildman–Crippen LogP) is 3.10. The van der Waals surface area contributed by atoms with Gasteiger partial charge in [-0.25, -0.2) is 4.39 Å². The van der Waals surface area contributed by atoms with Gasteiger partial charge in [0.05, 0.1) is 5.02 Å². The van der Waals surface area contributed by atoms with Crippen LogP contribution < -0.4 is 5.30 Å². The van der Waals surface area contributed by atoms with E-state index in [1.807, 2.05) is 13.8 Å². The molecule has 0 nitrogen and oxygen atoms in total. The Bertz CT molecular complexity index is 274. The molecule has 1 aromatic carbocycles. The minimum atomic E-state index is -0.342. The molecule has 0 radical (unpaired) electrons. The molecule has 1 rings (SSSR count). The molecule has 0 bridgehead atoms. The average Bonchev–Trinajstić information content (AvgIpc) is 1.99. The zero-order valence-corrected chi connectivity index (χ0v) is 8.98. The van der Waals surface area contributed by atoms with E-state index in [1.165, 1.54) is 0 Å². The topological polar surface area (TPSA) is 0 Å². The van der Waals surface area contributed by atoms with Gasteiger partial charge in [-0.3, -0.25) is 0 Å². The van der Waals surface area contributed by atoms with Gasteiger partial charge in [-0.1, -0.05) is 25.4 Å². The third kappa shape index (κ3) is 1.97. The maximum atomic E-state index is 13.0. The normalized spacial score (nSPS) is 10.8. The van der Waals surface area contributed by atoms with Crippen molar-refractivity contribution in [2.75, 3.05) is 0 Å². The van der Waals surface area contributed by atoms with Gasteiger partial charge in [-0.2, -0.15) is 0 Å². The Morgan fingerprint density at radius 2 is 2.00 bits per heavy atom. The molecule has 3 heteroatoms. The summed E-state index contributed by atoms with van der Waals surface area (Å²) in [5.74, 6) is 0.0356. The van der Waals surface area contributed by atoms with E-state index in [2.05, 4.69) is 9.24 Å². The van der Waals surface area contributed by atoms with E-state index in [0.29, 0.717) is 11.2 Å². The number of hydrogen-bond donors (Lipinski definition) is 0. The minimum Gasteiger partial charge on any atom is -0.205 e. The second kappa shape index (κ2) is 3.72. The van der Waals surface area contributed by atoms with Gasteiger partial charge in [0.25, 0.3) is 0 Å². The largest absolute Gasteiger partial charge is 0.205 e. The summed E-state index contributed by atoms with van der Waals surface area (Å²) in [4.78, 5) is 0. The molecule has 0 fully saturated rings. The minimum absolute atomic E-state index is 0.200. The first-order valence-corrected chi connectivity index (χ1v) is 4.72. The lowest BCUT2D eigenvalue weighted by Gasteiger charge is -2.07. The summed E-state index contributed by atoms with van der Waals surface area (Å²) in [6.45, 7) is 4.10. The molecule has 12 heavy (non-hydrogen) atoms. The first-order chi connectivity index (χ1) is 5.52. The van der Waals surface area contributed by atoms with Gasteiger partial charge in [0.1, 0.15) is 5.82 Å². The van der Waals surface area contributed by atoms with Crippen LogP contribution in [0.15, 0.2) is 12.1 Å². The number of benzene rings is 1. The fourth-order valence-electron chi connectivity index (χ4n) is 0.965. The summed E-state index contributed by atoms with van der Waals surface area (Å²) in [7, 11) is 2.34. The zero-order valence-electron chi connectivity index (χ0n) is 7.07. The Balaban J connectivity index is 3.21. The lowest BCUT2D eigenvalue weighted by atomic mass is 10.0. The number of halogens is 2. The summed E-state index contributed by atoms with van der Waals surface area (Å²) in [6.07, 6.45) is 0. The van der Waals surface area contributed by atoms with Crippen LogP contribution in [0.25, 0.3) is 0 Å². The fourth-order valence-corrected chi connectivity index (χ4v) is 1.64. The van der Waals surface area contributed by atoms with E-state index in [9.17, 15) is 4.39 Å². The quantitative estimate of drug-likeness (QED) is 0.617. The van der Waals surface area contributed by atoms with Crippen molar-refractivity contribution in [3.63, 3.8) is 0 Å². The van der Waals surface area contributed by atoms with E-state index < -0.39 is 0 Å². The average molecular weight is 205 g/mol. The van der Waals surface area contributed by atoms with Crippen molar-refractivity contribution >= 4 is 26.1 Å². The standard InChI is InChI=1S/C9H11ClFP/c1-5(2)6-3-7(10)9(11)8(12)4-6/h3-5H,12H2,1-2H3. The molecule has 1 atom stereocenters. The maximum absolute atomic E-state index is 13.0. The molecule has 0 aromatic heterocycles. The van der Waals surface area contributed by atoms with E-state index in [0.717, 1.165) is 5.56 Å². The number of rotatable bonds is 1. The van der Waals surface area contributed by atoms with Gasteiger partial charge in [0.2, 0.25) is 0 Å². The van der Waals surface area contributed by atoms with Crippen LogP contribution in [0.4, 0.5) is 4.39 Å². The van der Waals surface area contributed by atoms with Gasteiger partial charge in [-0.05, 0) is 23.6 Å². The highest BCUT2D eigenvalue weighted by Gasteiger charge is 2.07. The van der Waals surface area contributed by atoms with Gasteiger partial charge in [0, 0.05) is 5.30 Å². The van der Waals surface area contributed by atoms with Gasteiger partial charge in [-0.15, -0.1) is 9.24 Å². The van der Waals surface area contributed by atoms with Crippen LogP contribution >= 0.6 is 20.8 Å². The van der Waals surface area contributed by atoms with Crippen molar-refractivity contribution in [3.05, 3.63) is 28.5 Å². The summed E-state index contributed by atoms with van der Waals surface area (Å²) in [5, 5.41) is 0.734. The SMILES string of the molecule is CC(C)c1cc(P)c(F)c(Cl)c1. The Morgan fingerprint density at radius 3 is 2.42 bits per heavy atom. The van der Waals surface area contributed by atoms with Crippen LogP contribution in [0.3, 0.4) is 0 Å². The van der Waals surface area contributed by atoms with Crippen molar-refractivity contribution in [1.82, 2.24) is 0 Å². The second-order valence-electron chi connectivity index (χ2n) is 3.06. The molecule has 0 heterocycles. The molecular weight excluding hydrogens is 194 g/mol. The molecule has 0 aliphatic heterocycles. The molecule has 0 aliphatic rings. The zero-order chi connectivity index (χ0) is 9.30. The van der Waals surface area contributed by atoms with Crippen molar-refractivity contribution in [1.29, 1.82) is 0 Å². The van der Waals surface area contributed by atoms with E-state index in [1.54, 1.807) is 12.1 Å². The van der Waals surface area contributed by atoms with Crippen molar-refractivity contribution in [2.24, 2.45) is 0 Å². The molecular formula is C9H11ClFP. The lowest BCUT2D eigenvalue weighted by Crippen LogP contribution is -2.02. The highest BCUT2D eigenvalue weighted by Crippen LogP contribution is 2.21. The molecule has 0 aliphatic carbocycles. The van der Waals surface area contributed by atoms with Crippen LogP contribution in [0.5, 0.6) is 0 Å². The second-order valence-corrected chi connectivity index (χ2v) is 4.09. The summed E-state index contributed by atoms with van der Waals surface area (Å²) in [6, 6.07) is 3.48. The fraction of sp³-hybridized carbons (Fsp3) is 0.333. The van der Waals surface area contributed by atoms with Crippen molar-refractivity contribution in [2.45, 2.75) is 19.8 Å². The number of hydrogen-bond acceptors (Lipinski definition) is 0. The highest BCUT2D eigenvalue weighted by molar-refractivity contribution is 7.27. The van der Waals surface area contributed by atoms with Crippen LogP contribution in [0.1, 0.15) is 25.3 Å². The smallest absolute Gasteiger partial charge is 0.148 e. The van der Waals surface area contributed by atoms with Crippen LogP contribution in [-0.4, -0.2) is 0 Å². The van der Waals surface area contributed by atoms with Gasteiger partial charge in [0.15, 0.2) is 0 Å². The van der Waals surface area contributed by atoms with Crippen LogP contribution in [0, 0.1) is 5.82 Å². The third-order valence-corrected chi connectivity index (χ3v) is 2.44. The molecule has 1 unspecified atom stereocenters. The maximum Gasteiger partial charge on any atom is 0.148 e. The first-order valence-electron chi connectivity index (χ1n) is 3.76. The Morgan fingerprint density at radius 1 is 1.42 bits per heavy atom. The monoisotopic (exact) mass is 204 g/mol. The molecule has 1 aromatic rings. The van der Waals surface area contributed by atoms with E-state index in [-0.39, 0.29) is 10.8 Å². The lowest BCUT2D eigenvalue weighted by molar-refractivity contribution is 0.635. The van der Waals surface area contributed by atoms with E-state index in [4.69, 9.17) is 11.6 Å². The molecule has 0 saturated carbocycles. The summed E-state index contributed by atoms with van der Waals surface area (Å²) in [5.41, 5.74) is 1.06. The molecule has 0 saturated heterocycles.